The molecule has 0 saturated heterocycles. The van der Waals surface area contributed by atoms with E-state index < -0.39 is 0 Å². The van der Waals surface area contributed by atoms with Crippen LogP contribution in [-0.4, -0.2) is 32.5 Å². The van der Waals surface area contributed by atoms with E-state index in [0.717, 1.165) is 5.75 Å². The van der Waals surface area contributed by atoms with Crippen molar-refractivity contribution in [3.63, 3.8) is 0 Å². The van der Waals surface area contributed by atoms with Crippen LogP contribution in [0.5, 0.6) is 5.75 Å². The first-order chi connectivity index (χ1) is 13.2. The van der Waals surface area contributed by atoms with E-state index in [2.05, 4.69) is 20.6 Å². The molecular formula is C20H18FN5O. The standard InChI is InChI=1S/C20H18FN5O/c1-14(27-15-7-3-2-4-8-15)13-22-18-11-12-19-23-24-20(26(19)25-18)16-9-5-6-10-17(16)21/h2-12,14H,13H2,1H3,(H,22,25). The van der Waals surface area contributed by atoms with Crippen LogP contribution in [0.25, 0.3) is 17.0 Å². The average molecular weight is 363 g/mol. The quantitative estimate of drug-likeness (QED) is 0.564. The van der Waals surface area contributed by atoms with E-state index in [4.69, 9.17) is 4.74 Å². The summed E-state index contributed by atoms with van der Waals surface area (Å²) in [6, 6.07) is 19.7. The summed E-state index contributed by atoms with van der Waals surface area (Å²) in [6.07, 6.45) is -0.0585. The summed E-state index contributed by atoms with van der Waals surface area (Å²) in [5.41, 5.74) is 0.905. The number of nitrogens with one attached hydrogen (secondary N) is 1. The largest absolute Gasteiger partial charge is 0.489 e. The molecule has 1 N–H and O–H groups in total. The smallest absolute Gasteiger partial charge is 0.188 e. The van der Waals surface area contributed by atoms with Gasteiger partial charge in [-0.2, -0.15) is 4.52 Å². The van der Waals surface area contributed by atoms with Crippen LogP contribution in [0.1, 0.15) is 6.92 Å². The van der Waals surface area contributed by atoms with Gasteiger partial charge in [-0.15, -0.1) is 15.3 Å². The molecule has 0 aliphatic carbocycles. The highest BCUT2D eigenvalue weighted by Crippen LogP contribution is 2.21. The van der Waals surface area contributed by atoms with Crippen molar-refractivity contribution in [1.29, 1.82) is 0 Å². The van der Waals surface area contributed by atoms with E-state index in [9.17, 15) is 4.39 Å². The molecule has 0 aliphatic heterocycles. The second-order valence-corrected chi connectivity index (χ2v) is 6.11. The molecule has 1 atom stereocenters. The van der Waals surface area contributed by atoms with Gasteiger partial charge in [0, 0.05) is 0 Å². The normalized spacial score (nSPS) is 12.1. The molecule has 2 aromatic carbocycles. The van der Waals surface area contributed by atoms with Crippen molar-refractivity contribution in [2.75, 3.05) is 11.9 Å². The number of para-hydroxylation sites is 1. The molecule has 1 unspecified atom stereocenters. The number of anilines is 1. The highest BCUT2D eigenvalue weighted by Gasteiger charge is 2.14. The van der Waals surface area contributed by atoms with Gasteiger partial charge < -0.3 is 10.1 Å². The van der Waals surface area contributed by atoms with E-state index in [1.165, 1.54) is 10.6 Å². The lowest BCUT2D eigenvalue weighted by Crippen LogP contribution is -2.23. The summed E-state index contributed by atoms with van der Waals surface area (Å²) in [7, 11) is 0. The Hall–Kier alpha value is -3.48. The van der Waals surface area contributed by atoms with Gasteiger partial charge >= 0.3 is 0 Å². The molecule has 4 aromatic rings. The van der Waals surface area contributed by atoms with Crippen LogP contribution in [0.2, 0.25) is 0 Å². The molecule has 0 radical (unpaired) electrons. The average Bonchev–Trinajstić information content (AvgIpc) is 3.11. The Morgan fingerprint density at radius 1 is 1.00 bits per heavy atom. The van der Waals surface area contributed by atoms with E-state index >= 15 is 0 Å². The number of halogens is 1. The molecule has 0 spiro atoms. The van der Waals surface area contributed by atoms with Crippen molar-refractivity contribution in [3.05, 3.63) is 72.5 Å². The molecule has 27 heavy (non-hydrogen) atoms. The van der Waals surface area contributed by atoms with Crippen LogP contribution in [0.4, 0.5) is 10.2 Å². The zero-order valence-corrected chi connectivity index (χ0v) is 14.7. The molecule has 2 heterocycles. The van der Waals surface area contributed by atoms with Crippen molar-refractivity contribution < 1.29 is 9.13 Å². The molecule has 0 aliphatic rings. The predicted molar refractivity (Wildman–Crippen MR) is 101 cm³/mol. The van der Waals surface area contributed by atoms with Crippen LogP contribution < -0.4 is 10.1 Å². The minimum absolute atomic E-state index is 0.0585. The van der Waals surface area contributed by atoms with Gasteiger partial charge in [0.05, 0.1) is 12.1 Å². The summed E-state index contributed by atoms with van der Waals surface area (Å²) >= 11 is 0. The fraction of sp³-hybridized carbons (Fsp3) is 0.150. The lowest BCUT2D eigenvalue weighted by molar-refractivity contribution is 0.234. The maximum absolute atomic E-state index is 14.1. The monoisotopic (exact) mass is 363 g/mol. The number of fused-ring (bicyclic) bond motifs is 1. The number of nitrogens with zero attached hydrogens (tertiary/aromatic N) is 4. The zero-order valence-electron chi connectivity index (χ0n) is 14.7. The Labute approximate surface area is 155 Å². The fourth-order valence-corrected chi connectivity index (χ4v) is 2.72. The molecule has 2 aromatic heterocycles. The maximum atomic E-state index is 14.1. The van der Waals surface area contributed by atoms with Gasteiger partial charge in [-0.25, -0.2) is 4.39 Å². The van der Waals surface area contributed by atoms with E-state index in [0.29, 0.717) is 29.4 Å². The summed E-state index contributed by atoms with van der Waals surface area (Å²) < 4.78 is 21.5. The molecule has 0 saturated carbocycles. The van der Waals surface area contributed by atoms with Crippen LogP contribution in [-0.2, 0) is 0 Å². The van der Waals surface area contributed by atoms with Gasteiger partial charge in [0.15, 0.2) is 11.5 Å². The van der Waals surface area contributed by atoms with Gasteiger partial charge in [-0.05, 0) is 43.3 Å². The number of benzene rings is 2. The van der Waals surface area contributed by atoms with E-state index in [1.54, 1.807) is 24.3 Å². The summed E-state index contributed by atoms with van der Waals surface area (Å²) in [5, 5.41) is 15.9. The molecule has 0 fully saturated rings. The van der Waals surface area contributed by atoms with Crippen molar-refractivity contribution >= 4 is 11.5 Å². The number of rotatable bonds is 6. The Morgan fingerprint density at radius 3 is 2.59 bits per heavy atom. The minimum Gasteiger partial charge on any atom is -0.489 e. The molecule has 0 bridgehead atoms. The molecule has 7 heteroatoms. The summed E-state index contributed by atoms with van der Waals surface area (Å²) in [5.74, 6) is 1.44. The lowest BCUT2D eigenvalue weighted by atomic mass is 10.2. The third kappa shape index (κ3) is 3.72. The van der Waals surface area contributed by atoms with Gasteiger partial charge in [-0.3, -0.25) is 0 Å². The minimum atomic E-state index is -0.364. The van der Waals surface area contributed by atoms with Crippen molar-refractivity contribution in [2.24, 2.45) is 0 Å². The first kappa shape index (κ1) is 17.0. The Balaban J connectivity index is 1.51. The number of hydrogen-bond acceptors (Lipinski definition) is 5. The Kier molecular flexibility index (Phi) is 4.65. The summed E-state index contributed by atoms with van der Waals surface area (Å²) in [6.45, 7) is 2.53. The number of ether oxygens (including phenoxy) is 1. The summed E-state index contributed by atoms with van der Waals surface area (Å²) in [4.78, 5) is 0. The Morgan fingerprint density at radius 2 is 1.78 bits per heavy atom. The Bertz CT molecular complexity index is 1050. The molecule has 4 rings (SSSR count). The molecule has 136 valence electrons. The van der Waals surface area contributed by atoms with E-state index in [1.807, 2.05) is 43.3 Å². The SMILES string of the molecule is CC(CNc1ccc2nnc(-c3ccccc3F)n2n1)Oc1ccccc1. The first-order valence-corrected chi connectivity index (χ1v) is 8.63. The third-order valence-electron chi connectivity index (χ3n) is 4.03. The van der Waals surface area contributed by atoms with Gasteiger partial charge in [-0.1, -0.05) is 30.3 Å². The van der Waals surface area contributed by atoms with Crippen LogP contribution in [0.3, 0.4) is 0 Å². The predicted octanol–water partition coefficient (Wildman–Crippen LogP) is 3.81. The van der Waals surface area contributed by atoms with Gasteiger partial charge in [0.2, 0.25) is 0 Å². The second-order valence-electron chi connectivity index (χ2n) is 6.11. The lowest BCUT2D eigenvalue weighted by Gasteiger charge is -2.15. The van der Waals surface area contributed by atoms with Crippen LogP contribution in [0, 0.1) is 5.82 Å². The fourth-order valence-electron chi connectivity index (χ4n) is 2.72. The van der Waals surface area contributed by atoms with Crippen LogP contribution >= 0.6 is 0 Å². The molecule has 6 nitrogen and oxygen atoms in total. The number of hydrogen-bond donors (Lipinski definition) is 1. The maximum Gasteiger partial charge on any atom is 0.188 e. The van der Waals surface area contributed by atoms with E-state index in [-0.39, 0.29) is 11.9 Å². The number of aromatic nitrogens is 4. The first-order valence-electron chi connectivity index (χ1n) is 8.63. The van der Waals surface area contributed by atoms with Crippen molar-refractivity contribution in [3.8, 4) is 17.1 Å². The van der Waals surface area contributed by atoms with Gasteiger partial charge in [0.1, 0.15) is 23.5 Å². The second kappa shape index (κ2) is 7.41. The molecule has 0 amide bonds. The van der Waals surface area contributed by atoms with Crippen molar-refractivity contribution in [1.82, 2.24) is 19.8 Å². The highest BCUT2D eigenvalue weighted by atomic mass is 19.1. The zero-order chi connectivity index (χ0) is 18.6. The highest BCUT2D eigenvalue weighted by molar-refractivity contribution is 5.60. The van der Waals surface area contributed by atoms with Crippen molar-refractivity contribution in [2.45, 2.75) is 13.0 Å². The topological polar surface area (TPSA) is 64.3 Å². The van der Waals surface area contributed by atoms with Crippen LogP contribution in [0.15, 0.2) is 66.7 Å². The van der Waals surface area contributed by atoms with Gasteiger partial charge in [0.25, 0.3) is 0 Å². The third-order valence-corrected chi connectivity index (χ3v) is 4.03. The molecular weight excluding hydrogens is 345 g/mol.